The van der Waals surface area contributed by atoms with Crippen molar-refractivity contribution in [2.24, 2.45) is 0 Å². The Morgan fingerprint density at radius 1 is 1.11 bits per heavy atom. The van der Waals surface area contributed by atoms with Crippen molar-refractivity contribution in [3.63, 3.8) is 0 Å². The number of benzene rings is 1. The number of rotatable bonds is 8. The van der Waals surface area contributed by atoms with E-state index in [1.165, 1.54) is 23.1 Å². The fraction of sp³-hybridized carbons (Fsp3) is 0.381. The molecule has 2 heterocycles. The predicted octanol–water partition coefficient (Wildman–Crippen LogP) is 4.05. The molecule has 1 aromatic carbocycles. The van der Waals surface area contributed by atoms with Crippen molar-refractivity contribution >= 4 is 16.7 Å². The van der Waals surface area contributed by atoms with E-state index in [-0.39, 0.29) is 5.82 Å². The molecule has 0 bridgehead atoms. The average molecular weight is 371 g/mol. The minimum Gasteiger partial charge on any atom is -0.382 e. The molecule has 0 radical (unpaired) electrons. The zero-order chi connectivity index (χ0) is 19.4. The molecule has 0 amide bonds. The third-order valence-corrected chi connectivity index (χ3v) is 4.87. The Morgan fingerprint density at radius 3 is 2.56 bits per heavy atom. The molecule has 6 heteroatoms. The molecule has 0 saturated carbocycles. The van der Waals surface area contributed by atoms with E-state index in [9.17, 15) is 4.39 Å². The molecule has 0 fully saturated rings. The minimum absolute atomic E-state index is 0.227. The van der Waals surface area contributed by atoms with Gasteiger partial charge >= 0.3 is 0 Å². The summed E-state index contributed by atoms with van der Waals surface area (Å²) in [5.74, 6) is 0.651. The maximum absolute atomic E-state index is 13.2. The molecule has 0 spiro atoms. The van der Waals surface area contributed by atoms with Crippen LogP contribution in [0.5, 0.6) is 0 Å². The van der Waals surface area contributed by atoms with Crippen LogP contribution in [0.4, 0.5) is 10.2 Å². The van der Waals surface area contributed by atoms with E-state index in [1.54, 1.807) is 19.2 Å². The lowest BCUT2D eigenvalue weighted by Gasteiger charge is -2.21. The predicted molar refractivity (Wildman–Crippen MR) is 106 cm³/mol. The highest BCUT2D eigenvalue weighted by Gasteiger charge is 2.17. The van der Waals surface area contributed by atoms with Gasteiger partial charge in [0.25, 0.3) is 0 Å². The maximum atomic E-state index is 13.2. The second-order valence-corrected chi connectivity index (χ2v) is 6.68. The van der Waals surface area contributed by atoms with Gasteiger partial charge in [0, 0.05) is 38.0 Å². The van der Waals surface area contributed by atoms with Crippen LogP contribution in [0.1, 0.15) is 16.8 Å². The van der Waals surface area contributed by atoms with Crippen molar-refractivity contribution in [3.8, 4) is 0 Å². The summed E-state index contributed by atoms with van der Waals surface area (Å²) >= 11 is 0. The van der Waals surface area contributed by atoms with Crippen LogP contribution >= 0.6 is 0 Å². The Labute approximate surface area is 159 Å². The van der Waals surface area contributed by atoms with Gasteiger partial charge in [-0.05, 0) is 43.2 Å². The molecule has 0 saturated heterocycles. The van der Waals surface area contributed by atoms with Crippen LogP contribution in [0.2, 0.25) is 0 Å². The Kier molecular flexibility index (Phi) is 6.08. The van der Waals surface area contributed by atoms with Gasteiger partial charge in [0.15, 0.2) is 5.82 Å². The van der Waals surface area contributed by atoms with Crippen molar-refractivity contribution in [1.82, 2.24) is 9.55 Å². The third kappa shape index (κ3) is 4.12. The smallest absolute Gasteiger partial charge is 0.153 e. The molecule has 0 N–H and O–H groups in total. The van der Waals surface area contributed by atoms with E-state index in [2.05, 4.69) is 28.3 Å². The number of aryl methyl sites for hydroxylation is 1. The number of methoxy groups -OCH3 is 1. The Morgan fingerprint density at radius 2 is 1.85 bits per heavy atom. The fourth-order valence-electron chi connectivity index (χ4n) is 3.25. The number of ether oxygens (including phenoxy) is 2. The Balaban J connectivity index is 1.94. The first-order chi connectivity index (χ1) is 13.0. The highest BCUT2D eigenvalue weighted by molar-refractivity contribution is 5.93. The van der Waals surface area contributed by atoms with Gasteiger partial charge in [-0.25, -0.2) is 9.37 Å². The number of hydrogen-bond acceptors (Lipinski definition) is 4. The minimum atomic E-state index is -0.227. The van der Waals surface area contributed by atoms with Gasteiger partial charge in [-0.1, -0.05) is 12.1 Å². The first kappa shape index (κ1) is 19.3. The lowest BCUT2D eigenvalue weighted by atomic mass is 10.2. The standard InChI is InChI=1S/C21H26FN3O2/c1-15-16(2)25(14-27-12-11-26-4)20-19(15)9-10-23-21(20)24(3)13-17-5-7-18(22)8-6-17/h5-10H,11-14H2,1-4H3. The highest BCUT2D eigenvalue weighted by Crippen LogP contribution is 2.31. The second-order valence-electron chi connectivity index (χ2n) is 6.68. The van der Waals surface area contributed by atoms with Gasteiger partial charge in [-0.2, -0.15) is 0 Å². The van der Waals surface area contributed by atoms with Gasteiger partial charge in [0.1, 0.15) is 12.5 Å². The number of nitrogens with zero attached hydrogens (tertiary/aromatic N) is 3. The summed E-state index contributed by atoms with van der Waals surface area (Å²) in [6, 6.07) is 8.61. The van der Waals surface area contributed by atoms with Crippen LogP contribution in [-0.4, -0.2) is 36.9 Å². The number of aromatic nitrogens is 2. The van der Waals surface area contributed by atoms with Crippen LogP contribution in [0, 0.1) is 19.7 Å². The summed E-state index contributed by atoms with van der Waals surface area (Å²) in [4.78, 5) is 6.71. The number of halogens is 1. The van der Waals surface area contributed by atoms with Gasteiger partial charge in [0.2, 0.25) is 0 Å². The number of hydrogen-bond donors (Lipinski definition) is 0. The molecule has 0 aliphatic carbocycles. The zero-order valence-electron chi connectivity index (χ0n) is 16.3. The zero-order valence-corrected chi connectivity index (χ0v) is 16.3. The highest BCUT2D eigenvalue weighted by atomic mass is 19.1. The largest absolute Gasteiger partial charge is 0.382 e. The van der Waals surface area contributed by atoms with E-state index in [1.807, 2.05) is 19.3 Å². The molecule has 5 nitrogen and oxygen atoms in total. The van der Waals surface area contributed by atoms with E-state index in [0.29, 0.717) is 26.5 Å². The van der Waals surface area contributed by atoms with E-state index in [4.69, 9.17) is 9.47 Å². The van der Waals surface area contributed by atoms with Crippen LogP contribution in [-0.2, 0) is 22.7 Å². The molecule has 3 rings (SSSR count). The molecule has 0 aliphatic rings. The summed E-state index contributed by atoms with van der Waals surface area (Å²) in [6.45, 7) is 6.40. The normalized spacial score (nSPS) is 11.3. The Bertz CT molecular complexity index is 906. The van der Waals surface area contributed by atoms with Crippen LogP contribution in [0.3, 0.4) is 0 Å². The molecule has 2 aromatic heterocycles. The first-order valence-corrected chi connectivity index (χ1v) is 8.99. The number of anilines is 1. The molecule has 3 aromatic rings. The van der Waals surface area contributed by atoms with Gasteiger partial charge < -0.3 is 18.9 Å². The van der Waals surface area contributed by atoms with Gasteiger partial charge in [-0.3, -0.25) is 0 Å². The van der Waals surface area contributed by atoms with Crippen molar-refractivity contribution in [2.45, 2.75) is 27.1 Å². The summed E-state index contributed by atoms with van der Waals surface area (Å²) in [6.07, 6.45) is 1.83. The molecule has 0 aliphatic heterocycles. The molecule has 0 atom stereocenters. The molecule has 27 heavy (non-hydrogen) atoms. The summed E-state index contributed by atoms with van der Waals surface area (Å²) < 4.78 is 26.2. The molecule has 0 unspecified atom stereocenters. The van der Waals surface area contributed by atoms with E-state index >= 15 is 0 Å². The third-order valence-electron chi connectivity index (χ3n) is 4.87. The number of fused-ring (bicyclic) bond motifs is 1. The summed E-state index contributed by atoms with van der Waals surface area (Å²) in [5.41, 5.74) is 4.46. The van der Waals surface area contributed by atoms with Crippen LogP contribution in [0.25, 0.3) is 10.9 Å². The summed E-state index contributed by atoms with van der Waals surface area (Å²) in [7, 11) is 3.66. The SMILES string of the molecule is COCCOCn1c(C)c(C)c2ccnc(N(C)Cc3ccc(F)cc3)c21. The maximum Gasteiger partial charge on any atom is 0.153 e. The fourth-order valence-corrected chi connectivity index (χ4v) is 3.25. The molecule has 144 valence electrons. The quantitative estimate of drug-likeness (QED) is 0.560. The van der Waals surface area contributed by atoms with E-state index in [0.717, 1.165) is 22.6 Å². The van der Waals surface area contributed by atoms with Crippen LogP contribution < -0.4 is 4.90 Å². The van der Waals surface area contributed by atoms with Crippen molar-refractivity contribution in [1.29, 1.82) is 0 Å². The number of pyridine rings is 1. The molecular weight excluding hydrogens is 345 g/mol. The lowest BCUT2D eigenvalue weighted by molar-refractivity contribution is 0.0353. The van der Waals surface area contributed by atoms with Crippen LogP contribution in [0.15, 0.2) is 36.5 Å². The van der Waals surface area contributed by atoms with Gasteiger partial charge in [0.05, 0.1) is 18.7 Å². The Hall–Kier alpha value is -2.44. The first-order valence-electron chi connectivity index (χ1n) is 8.99. The van der Waals surface area contributed by atoms with Gasteiger partial charge in [-0.15, -0.1) is 0 Å². The van der Waals surface area contributed by atoms with E-state index < -0.39 is 0 Å². The lowest BCUT2D eigenvalue weighted by Crippen LogP contribution is -2.19. The summed E-state index contributed by atoms with van der Waals surface area (Å²) in [5, 5.41) is 1.17. The molecular formula is C21H26FN3O2. The topological polar surface area (TPSA) is 39.5 Å². The average Bonchev–Trinajstić information content (AvgIpc) is 2.92. The van der Waals surface area contributed by atoms with Crippen molar-refractivity contribution < 1.29 is 13.9 Å². The van der Waals surface area contributed by atoms with Crippen molar-refractivity contribution in [3.05, 3.63) is 59.2 Å². The second kappa shape index (κ2) is 8.50. The van der Waals surface area contributed by atoms with Crippen molar-refractivity contribution in [2.75, 3.05) is 32.3 Å². The monoisotopic (exact) mass is 371 g/mol.